The lowest BCUT2D eigenvalue weighted by Gasteiger charge is -2.30. The molecule has 0 bridgehead atoms. The zero-order chi connectivity index (χ0) is 9.28. The predicted octanol–water partition coefficient (Wildman–Crippen LogP) is 0.0230. The van der Waals surface area contributed by atoms with Crippen molar-refractivity contribution in [3.63, 3.8) is 0 Å². The fourth-order valence-electron chi connectivity index (χ4n) is 0.426. The van der Waals surface area contributed by atoms with Gasteiger partial charge in [-0.3, -0.25) is 0 Å². The topological polar surface area (TPSA) is 20.2 Å². The highest BCUT2D eigenvalue weighted by atomic mass is 19.1. The number of hydrogen-bond acceptors (Lipinski definition) is 1. The van der Waals surface area contributed by atoms with Gasteiger partial charge in [0.2, 0.25) is 0 Å². The summed E-state index contributed by atoms with van der Waals surface area (Å²) < 4.78 is 26.3. The average Bonchev–Trinajstić information content (AvgIpc) is 1.56. The predicted molar refractivity (Wildman–Crippen MR) is 34.9 cm³/mol. The third-order valence-corrected chi connectivity index (χ3v) is 1.23. The average molecular weight is 138 g/mol. The molecule has 3 heteroatoms. The summed E-state index contributed by atoms with van der Waals surface area (Å²) in [6.07, 6.45) is 0. The van der Waals surface area contributed by atoms with Gasteiger partial charge in [0.05, 0.1) is 30.5 Å². The van der Waals surface area contributed by atoms with Crippen LogP contribution in [-0.4, -0.2) is 50.0 Å². The van der Waals surface area contributed by atoms with Crippen molar-refractivity contribution in [3.05, 3.63) is 0 Å². The number of aliphatic hydroxyl groups excluding tert-OH is 1. The summed E-state index contributed by atoms with van der Waals surface area (Å²) in [5, 5.41) is 8.70. The van der Waals surface area contributed by atoms with Gasteiger partial charge in [0, 0.05) is 0 Å². The quantitative estimate of drug-likeness (QED) is 0.545. The molecule has 56 valence electrons. The standard InChI is InChI=1S/C6H15FNO/c1-8(2,3)6(4-7)5-9/h6,9H,4-5H2,1-3H3/q+1/i4D2. The Hall–Kier alpha value is -0.150. The second kappa shape index (κ2) is 3.13. The van der Waals surface area contributed by atoms with E-state index in [9.17, 15) is 4.39 Å². The van der Waals surface area contributed by atoms with Gasteiger partial charge in [0.25, 0.3) is 0 Å². The summed E-state index contributed by atoms with van der Waals surface area (Å²) in [4.78, 5) is 0. The summed E-state index contributed by atoms with van der Waals surface area (Å²) in [6, 6.07) is -1.03. The first kappa shape index (κ1) is 5.62. The first-order valence-corrected chi connectivity index (χ1v) is 2.80. The second-order valence-corrected chi connectivity index (χ2v) is 2.92. The molecule has 1 unspecified atom stereocenters. The molecule has 9 heavy (non-hydrogen) atoms. The molecular formula is C6H15FNO+. The van der Waals surface area contributed by atoms with Gasteiger partial charge in [0.15, 0.2) is 0 Å². The Kier molecular flexibility index (Phi) is 1.95. The molecule has 1 atom stereocenters. The summed E-state index contributed by atoms with van der Waals surface area (Å²) in [5.74, 6) is 0. The van der Waals surface area contributed by atoms with Gasteiger partial charge in [-0.2, -0.15) is 0 Å². The Morgan fingerprint density at radius 1 is 1.67 bits per heavy atom. The number of quaternary nitrogens is 1. The first-order valence-electron chi connectivity index (χ1n) is 3.80. The largest absolute Gasteiger partial charge is 0.390 e. The van der Waals surface area contributed by atoms with Crippen molar-refractivity contribution in [3.8, 4) is 0 Å². The molecule has 1 N–H and O–H groups in total. The molecule has 0 rings (SSSR count). The number of alkyl halides is 1. The third-order valence-electron chi connectivity index (χ3n) is 1.23. The van der Waals surface area contributed by atoms with E-state index in [1.165, 1.54) is 0 Å². The molecule has 0 aliphatic heterocycles. The summed E-state index contributed by atoms with van der Waals surface area (Å²) in [6.45, 7) is -3.32. The molecule has 0 spiro atoms. The molecule has 0 aromatic carbocycles. The third kappa shape index (κ3) is 2.77. The van der Waals surface area contributed by atoms with Gasteiger partial charge in [-0.25, -0.2) is 4.39 Å². The SMILES string of the molecule is [2H]C([2H])(F)C(CO)[N+](C)(C)C. The maximum absolute atomic E-state index is 12.7. The summed E-state index contributed by atoms with van der Waals surface area (Å²) >= 11 is 0. The molecule has 0 aliphatic rings. The highest BCUT2D eigenvalue weighted by Crippen LogP contribution is 2.01. The van der Waals surface area contributed by atoms with Crippen LogP contribution in [0, 0.1) is 0 Å². The van der Waals surface area contributed by atoms with E-state index in [2.05, 4.69) is 0 Å². The molecule has 0 heterocycles. The monoisotopic (exact) mass is 138 g/mol. The highest BCUT2D eigenvalue weighted by molar-refractivity contribution is 4.50. The number of halogens is 1. The van der Waals surface area contributed by atoms with E-state index in [0.717, 1.165) is 0 Å². The maximum Gasteiger partial charge on any atom is 0.143 e. The zero-order valence-corrected chi connectivity index (χ0v) is 6.06. The van der Waals surface area contributed by atoms with Crippen LogP contribution >= 0.6 is 0 Å². The molecule has 0 radical (unpaired) electrons. The molecular weight excluding hydrogens is 121 g/mol. The van der Waals surface area contributed by atoms with Crippen LogP contribution in [-0.2, 0) is 0 Å². The zero-order valence-electron chi connectivity index (χ0n) is 8.06. The van der Waals surface area contributed by atoms with E-state index >= 15 is 0 Å². The summed E-state index contributed by atoms with van der Waals surface area (Å²) in [7, 11) is 4.91. The Bertz CT molecular complexity index is 116. The van der Waals surface area contributed by atoms with Crippen LogP contribution in [0.2, 0.25) is 0 Å². The maximum atomic E-state index is 12.7. The molecule has 0 fully saturated rings. The molecule has 0 aromatic heterocycles. The van der Waals surface area contributed by atoms with Crippen molar-refractivity contribution in [1.82, 2.24) is 0 Å². The van der Waals surface area contributed by atoms with Gasteiger partial charge >= 0.3 is 0 Å². The van der Waals surface area contributed by atoms with Gasteiger partial charge < -0.3 is 9.59 Å². The van der Waals surface area contributed by atoms with Crippen LogP contribution in [0.4, 0.5) is 4.39 Å². The van der Waals surface area contributed by atoms with Gasteiger partial charge in [-0.15, -0.1) is 0 Å². The van der Waals surface area contributed by atoms with Gasteiger partial charge in [-0.05, 0) is 0 Å². The number of aliphatic hydroxyl groups is 1. The fourth-order valence-corrected chi connectivity index (χ4v) is 0.426. The smallest absolute Gasteiger partial charge is 0.143 e. The van der Waals surface area contributed by atoms with Crippen molar-refractivity contribution >= 4 is 0 Å². The minimum atomic E-state index is -2.83. The van der Waals surface area contributed by atoms with Gasteiger partial charge in [0.1, 0.15) is 12.7 Å². The van der Waals surface area contributed by atoms with Crippen molar-refractivity contribution in [2.45, 2.75) is 6.04 Å². The first-order chi connectivity index (χ1) is 4.69. The van der Waals surface area contributed by atoms with Crippen molar-refractivity contribution < 1.29 is 16.7 Å². The molecule has 0 amide bonds. The van der Waals surface area contributed by atoms with E-state index in [0.29, 0.717) is 0 Å². The van der Waals surface area contributed by atoms with E-state index in [1.807, 2.05) is 0 Å². The van der Waals surface area contributed by atoms with E-state index in [4.69, 9.17) is 7.85 Å². The molecule has 2 nitrogen and oxygen atoms in total. The Labute approximate surface area is 58.3 Å². The number of rotatable bonds is 3. The lowest BCUT2D eigenvalue weighted by molar-refractivity contribution is -0.896. The Morgan fingerprint density at radius 3 is 2.11 bits per heavy atom. The van der Waals surface area contributed by atoms with E-state index < -0.39 is 19.3 Å². The normalized spacial score (nSPS) is 20.6. The minimum Gasteiger partial charge on any atom is -0.390 e. The van der Waals surface area contributed by atoms with E-state index in [1.54, 1.807) is 21.1 Å². The van der Waals surface area contributed by atoms with Crippen LogP contribution in [0.25, 0.3) is 0 Å². The van der Waals surface area contributed by atoms with Crippen molar-refractivity contribution in [2.24, 2.45) is 0 Å². The summed E-state index contributed by atoms with van der Waals surface area (Å²) in [5.41, 5.74) is 0. The fraction of sp³-hybridized carbons (Fsp3) is 1.00. The van der Waals surface area contributed by atoms with Crippen LogP contribution < -0.4 is 0 Å². The molecule has 0 aromatic rings. The van der Waals surface area contributed by atoms with Crippen LogP contribution in [0.1, 0.15) is 2.74 Å². The second-order valence-electron chi connectivity index (χ2n) is 2.92. The molecule has 0 saturated carbocycles. The molecule has 0 saturated heterocycles. The highest BCUT2D eigenvalue weighted by Gasteiger charge is 2.21. The van der Waals surface area contributed by atoms with Crippen molar-refractivity contribution in [1.29, 1.82) is 0 Å². The number of likely N-dealkylation sites (N-methyl/N-ethyl adjacent to an activating group) is 1. The lowest BCUT2D eigenvalue weighted by atomic mass is 10.3. The minimum absolute atomic E-state index is 0.0694. The number of hydrogen-bond donors (Lipinski definition) is 1. The van der Waals surface area contributed by atoms with Gasteiger partial charge in [-0.1, -0.05) is 0 Å². The number of nitrogens with zero attached hydrogens (tertiary/aromatic N) is 1. The van der Waals surface area contributed by atoms with Crippen LogP contribution in [0.15, 0.2) is 0 Å². The van der Waals surface area contributed by atoms with E-state index in [-0.39, 0.29) is 4.48 Å². The lowest BCUT2D eigenvalue weighted by Crippen LogP contribution is -2.48. The molecule has 0 aliphatic carbocycles. The van der Waals surface area contributed by atoms with Crippen molar-refractivity contribution in [2.75, 3.05) is 34.4 Å². The van der Waals surface area contributed by atoms with Crippen LogP contribution in [0.5, 0.6) is 0 Å². The van der Waals surface area contributed by atoms with Crippen LogP contribution in [0.3, 0.4) is 0 Å². The Morgan fingerprint density at radius 2 is 2.11 bits per heavy atom. The Balaban J connectivity index is 4.43.